The number of rotatable bonds is 13. The van der Waals surface area contributed by atoms with Crippen molar-refractivity contribution in [1.82, 2.24) is 9.55 Å². The van der Waals surface area contributed by atoms with Crippen molar-refractivity contribution >= 4 is 5.91 Å². The van der Waals surface area contributed by atoms with Crippen molar-refractivity contribution in [2.45, 2.75) is 84.0 Å². The van der Waals surface area contributed by atoms with E-state index in [1.165, 1.54) is 57.8 Å². The van der Waals surface area contributed by atoms with E-state index in [4.69, 9.17) is 0 Å². The summed E-state index contributed by atoms with van der Waals surface area (Å²) in [6.07, 6.45) is 24.1. The minimum atomic E-state index is 0.156. The average molecular weight is 304 g/mol. The van der Waals surface area contributed by atoms with Crippen LogP contribution < -0.4 is 0 Å². The lowest BCUT2D eigenvalue weighted by atomic mass is 10.1. The van der Waals surface area contributed by atoms with Gasteiger partial charge in [-0.1, -0.05) is 57.6 Å². The van der Waals surface area contributed by atoms with Gasteiger partial charge in [-0.05, 0) is 32.1 Å². The lowest BCUT2D eigenvalue weighted by Crippen LogP contribution is -2.07. The van der Waals surface area contributed by atoms with Gasteiger partial charge in [-0.3, -0.25) is 9.36 Å². The fourth-order valence-electron chi connectivity index (χ4n) is 2.53. The van der Waals surface area contributed by atoms with Crippen LogP contribution in [0.25, 0.3) is 0 Å². The number of nitrogens with zero attached hydrogens (tertiary/aromatic N) is 2. The molecule has 1 rings (SSSR count). The molecule has 0 bridgehead atoms. The average Bonchev–Trinajstić information content (AvgIpc) is 3.06. The van der Waals surface area contributed by atoms with Crippen LogP contribution in [0.4, 0.5) is 0 Å². The first-order valence-electron chi connectivity index (χ1n) is 9.00. The van der Waals surface area contributed by atoms with Gasteiger partial charge < -0.3 is 0 Å². The second-order valence-electron chi connectivity index (χ2n) is 5.99. The summed E-state index contributed by atoms with van der Waals surface area (Å²) < 4.78 is 1.57. The number of aromatic nitrogens is 2. The number of carbonyl (C=O) groups is 1. The summed E-state index contributed by atoms with van der Waals surface area (Å²) in [6.45, 7) is 2.25. The third-order valence-electron chi connectivity index (χ3n) is 3.94. The topological polar surface area (TPSA) is 34.9 Å². The van der Waals surface area contributed by atoms with E-state index < -0.39 is 0 Å². The molecule has 0 unspecified atom stereocenters. The highest BCUT2D eigenvalue weighted by Crippen LogP contribution is 2.09. The molecule has 0 atom stereocenters. The summed E-state index contributed by atoms with van der Waals surface area (Å²) in [5, 5.41) is 0. The fourth-order valence-corrected chi connectivity index (χ4v) is 2.53. The van der Waals surface area contributed by atoms with Crippen LogP contribution in [0.2, 0.25) is 0 Å². The van der Waals surface area contributed by atoms with Gasteiger partial charge in [0.05, 0.1) is 0 Å². The van der Waals surface area contributed by atoms with Gasteiger partial charge in [-0.25, -0.2) is 4.98 Å². The van der Waals surface area contributed by atoms with E-state index in [1.807, 2.05) is 0 Å². The second-order valence-corrected chi connectivity index (χ2v) is 5.99. The summed E-state index contributed by atoms with van der Waals surface area (Å²) in [4.78, 5) is 15.6. The minimum Gasteiger partial charge on any atom is -0.276 e. The summed E-state index contributed by atoms with van der Waals surface area (Å²) >= 11 is 0. The normalized spacial score (nSPS) is 11.3. The maximum Gasteiger partial charge on any atom is 0.231 e. The molecule has 1 heterocycles. The van der Waals surface area contributed by atoms with Crippen LogP contribution >= 0.6 is 0 Å². The van der Waals surface area contributed by atoms with Crippen molar-refractivity contribution in [3.63, 3.8) is 0 Å². The Bertz CT molecular complexity index is 396. The summed E-state index contributed by atoms with van der Waals surface area (Å²) in [5.41, 5.74) is 0. The molecular weight excluding hydrogens is 272 g/mol. The maximum atomic E-state index is 11.7. The van der Waals surface area contributed by atoms with E-state index in [9.17, 15) is 4.79 Å². The van der Waals surface area contributed by atoms with Crippen molar-refractivity contribution in [3.05, 3.63) is 30.9 Å². The van der Waals surface area contributed by atoms with E-state index in [0.717, 1.165) is 12.8 Å². The Balaban J connectivity index is 1.83. The van der Waals surface area contributed by atoms with Crippen molar-refractivity contribution in [2.75, 3.05) is 0 Å². The van der Waals surface area contributed by atoms with Crippen LogP contribution in [-0.2, 0) is 0 Å². The Morgan fingerprint density at radius 3 is 2.23 bits per heavy atom. The first-order valence-corrected chi connectivity index (χ1v) is 9.00. The number of allylic oxidation sites excluding steroid dienone is 2. The van der Waals surface area contributed by atoms with Crippen LogP contribution in [-0.4, -0.2) is 15.5 Å². The van der Waals surface area contributed by atoms with Crippen molar-refractivity contribution in [3.8, 4) is 0 Å². The molecular formula is C19H32N2O. The molecule has 3 nitrogen and oxygen atoms in total. The van der Waals surface area contributed by atoms with E-state index in [2.05, 4.69) is 24.1 Å². The minimum absolute atomic E-state index is 0.156. The zero-order chi connectivity index (χ0) is 15.9. The first-order chi connectivity index (χ1) is 10.8. The van der Waals surface area contributed by atoms with E-state index in [0.29, 0.717) is 6.42 Å². The smallest absolute Gasteiger partial charge is 0.231 e. The molecule has 0 fully saturated rings. The van der Waals surface area contributed by atoms with Gasteiger partial charge in [-0.2, -0.15) is 0 Å². The maximum absolute atomic E-state index is 11.7. The lowest BCUT2D eigenvalue weighted by molar-refractivity contribution is 0.0899. The molecule has 0 saturated heterocycles. The van der Waals surface area contributed by atoms with Crippen LogP contribution in [0.15, 0.2) is 30.9 Å². The van der Waals surface area contributed by atoms with Gasteiger partial charge in [0.2, 0.25) is 5.91 Å². The van der Waals surface area contributed by atoms with Gasteiger partial charge in [0.15, 0.2) is 0 Å². The highest BCUT2D eigenvalue weighted by atomic mass is 16.2. The molecule has 0 aliphatic rings. The molecule has 0 amide bonds. The molecule has 0 radical (unpaired) electrons. The van der Waals surface area contributed by atoms with E-state index in [-0.39, 0.29) is 5.91 Å². The third kappa shape index (κ3) is 9.54. The molecule has 0 aliphatic carbocycles. The quantitative estimate of drug-likeness (QED) is 0.342. The van der Waals surface area contributed by atoms with Crippen molar-refractivity contribution in [2.24, 2.45) is 0 Å². The summed E-state index contributed by atoms with van der Waals surface area (Å²) in [7, 11) is 0. The third-order valence-corrected chi connectivity index (χ3v) is 3.94. The zero-order valence-electron chi connectivity index (χ0n) is 14.2. The Kier molecular flexibility index (Phi) is 11.3. The van der Waals surface area contributed by atoms with Crippen LogP contribution in [0.1, 0.15) is 88.8 Å². The lowest BCUT2D eigenvalue weighted by Gasteiger charge is -2.01. The fraction of sp³-hybridized carbons (Fsp3) is 0.684. The molecule has 22 heavy (non-hydrogen) atoms. The number of hydrogen-bond acceptors (Lipinski definition) is 2. The van der Waals surface area contributed by atoms with Crippen LogP contribution in [0.5, 0.6) is 0 Å². The van der Waals surface area contributed by atoms with Crippen molar-refractivity contribution < 1.29 is 4.79 Å². The Morgan fingerprint density at radius 1 is 0.955 bits per heavy atom. The van der Waals surface area contributed by atoms with Crippen LogP contribution in [0, 0.1) is 0 Å². The number of unbranched alkanes of at least 4 members (excludes halogenated alkanes) is 9. The van der Waals surface area contributed by atoms with Crippen molar-refractivity contribution in [1.29, 1.82) is 0 Å². The molecule has 1 aromatic heterocycles. The second kappa shape index (κ2) is 13.3. The van der Waals surface area contributed by atoms with E-state index in [1.54, 1.807) is 23.3 Å². The van der Waals surface area contributed by atoms with E-state index >= 15 is 0 Å². The number of imidazole rings is 1. The van der Waals surface area contributed by atoms with Crippen LogP contribution in [0.3, 0.4) is 0 Å². The first kappa shape index (κ1) is 18.7. The SMILES string of the molecule is CCCCCCC=CCCCCCCCC(=O)n1ccnc1. The van der Waals surface area contributed by atoms with Gasteiger partial charge >= 0.3 is 0 Å². The molecule has 1 aromatic rings. The molecule has 0 N–H and O–H groups in total. The zero-order valence-corrected chi connectivity index (χ0v) is 14.2. The molecule has 0 aromatic carbocycles. The molecule has 3 heteroatoms. The van der Waals surface area contributed by atoms with Gasteiger partial charge in [-0.15, -0.1) is 0 Å². The Hall–Kier alpha value is -1.38. The monoisotopic (exact) mass is 304 g/mol. The molecule has 0 aliphatic heterocycles. The van der Waals surface area contributed by atoms with Gasteiger partial charge in [0.25, 0.3) is 0 Å². The molecule has 0 saturated carbocycles. The van der Waals surface area contributed by atoms with Gasteiger partial charge in [0.1, 0.15) is 6.33 Å². The standard InChI is InChI=1S/C19H32N2O/c1-2-3-4-5-6-7-8-9-10-11-12-13-14-15-19(22)21-17-16-20-18-21/h7-8,16-18H,2-6,9-15H2,1H3. The largest absolute Gasteiger partial charge is 0.276 e. The summed E-state index contributed by atoms with van der Waals surface area (Å²) in [5.74, 6) is 0.156. The Morgan fingerprint density at radius 2 is 1.59 bits per heavy atom. The highest BCUT2D eigenvalue weighted by molar-refractivity contribution is 5.78. The van der Waals surface area contributed by atoms with Gasteiger partial charge in [0, 0.05) is 18.8 Å². The predicted octanol–water partition coefficient (Wildman–Crippen LogP) is 5.78. The predicted molar refractivity (Wildman–Crippen MR) is 93.1 cm³/mol. The number of carbonyl (C=O) groups excluding carboxylic acids is 1. The molecule has 0 spiro atoms. The molecule has 124 valence electrons. The number of hydrogen-bond donors (Lipinski definition) is 0. The highest BCUT2D eigenvalue weighted by Gasteiger charge is 2.02. The summed E-state index contributed by atoms with van der Waals surface area (Å²) in [6, 6.07) is 0. The Labute approximate surface area is 135 Å².